The van der Waals surface area contributed by atoms with Crippen LogP contribution in [0.2, 0.25) is 5.02 Å². The van der Waals surface area contributed by atoms with Crippen molar-refractivity contribution in [3.8, 4) is 11.1 Å². The molecule has 0 aliphatic heterocycles. The van der Waals surface area contributed by atoms with Crippen molar-refractivity contribution >= 4 is 23.3 Å². The molecule has 3 rings (SSSR count). The number of halogens is 1. The van der Waals surface area contributed by atoms with E-state index in [1.165, 1.54) is 0 Å². The topological polar surface area (TPSA) is 81.6 Å². The van der Waals surface area contributed by atoms with Gasteiger partial charge in [-0.15, -0.1) is 0 Å². The summed E-state index contributed by atoms with van der Waals surface area (Å²) in [6.07, 6.45) is -1.90. The summed E-state index contributed by atoms with van der Waals surface area (Å²) in [5.41, 5.74) is -4.15. The zero-order valence-electron chi connectivity index (χ0n) is 30.5. The molecule has 0 saturated carbocycles. The summed E-state index contributed by atoms with van der Waals surface area (Å²) in [5, 5.41) is 23.5. The third kappa shape index (κ3) is 6.06. The normalized spacial score (nSPS) is 20.6. The second-order valence-electron chi connectivity index (χ2n) is 5.30. The fraction of sp³-hybridized carbons (Fsp3) is 0.174. The van der Waals surface area contributed by atoms with Crippen LogP contribution < -0.4 is 10.6 Å². The van der Waals surface area contributed by atoms with Gasteiger partial charge < -0.3 is 20.8 Å². The number of benzene rings is 3. The SMILES string of the molecule is [2H]c1c([2H])c(NC([2H])([2H])C([2H])([2H])NC[C@H](O)c2c([2H])c([2H])c([2H])c(Cl)c2[2H])c([2H])c(-c2c([2H])c([2H])c([2H])c(C(=O)O)c2[2H])c1[2H]. The van der Waals surface area contributed by atoms with Crippen molar-refractivity contribution in [1.29, 1.82) is 0 Å². The number of rotatable bonds is 9. The average Bonchev–Trinajstić information content (AvgIpc) is 2.95. The smallest absolute Gasteiger partial charge is 0.335 e. The zero-order chi connectivity index (χ0) is 34.7. The summed E-state index contributed by atoms with van der Waals surface area (Å²) >= 11 is 5.84. The lowest BCUT2D eigenvalue weighted by Crippen LogP contribution is -2.26. The molecule has 3 aromatic rings. The number of hydrogen-bond donors (Lipinski definition) is 4. The van der Waals surface area contributed by atoms with Crippen molar-refractivity contribution in [2.75, 3.05) is 24.9 Å². The van der Waals surface area contributed by atoms with E-state index >= 15 is 0 Å². The summed E-state index contributed by atoms with van der Waals surface area (Å²) < 4.78 is 130. The highest BCUT2D eigenvalue weighted by Crippen LogP contribution is 2.23. The first kappa shape index (κ1) is 8.48. The number of hydrogen-bond acceptors (Lipinski definition) is 4. The molecule has 4 N–H and O–H groups in total. The van der Waals surface area contributed by atoms with Crippen LogP contribution in [-0.4, -0.2) is 35.7 Å². The molecule has 0 unspecified atom stereocenters. The number of aliphatic hydroxyl groups excluding tert-OH is 1. The molecule has 0 radical (unpaired) electrons. The molecule has 0 spiro atoms. The first-order chi connectivity index (χ1) is 20.5. The van der Waals surface area contributed by atoms with Gasteiger partial charge in [-0.05, 0) is 52.9 Å². The van der Waals surface area contributed by atoms with E-state index in [1.54, 1.807) is 0 Å². The third-order valence-corrected chi connectivity index (χ3v) is 3.48. The van der Waals surface area contributed by atoms with Crippen molar-refractivity contribution < 1.29 is 36.9 Å². The van der Waals surface area contributed by atoms with Crippen LogP contribution in [0, 0.1) is 0 Å². The van der Waals surface area contributed by atoms with E-state index in [2.05, 4.69) is 0 Å². The Hall–Kier alpha value is -2.86. The van der Waals surface area contributed by atoms with Crippen LogP contribution in [0.3, 0.4) is 0 Å². The first-order valence-corrected chi connectivity index (χ1v) is 8.30. The molecule has 0 saturated heterocycles. The van der Waals surface area contributed by atoms with Gasteiger partial charge in [0, 0.05) is 33.0 Å². The van der Waals surface area contributed by atoms with E-state index in [0.717, 1.165) is 0 Å². The summed E-state index contributed by atoms with van der Waals surface area (Å²) in [4.78, 5) is 11.7. The Bertz CT molecular complexity index is 1710. The molecule has 0 heterocycles. The van der Waals surface area contributed by atoms with Crippen LogP contribution in [0.1, 0.15) is 44.0 Å². The molecule has 6 heteroatoms. The maximum atomic E-state index is 11.7. The van der Waals surface area contributed by atoms with Crippen LogP contribution >= 0.6 is 11.6 Å². The van der Waals surface area contributed by atoms with Crippen LogP contribution in [0.25, 0.3) is 11.1 Å². The van der Waals surface area contributed by atoms with Crippen LogP contribution in [0.15, 0.2) is 72.5 Å². The van der Waals surface area contributed by atoms with E-state index < -0.39 is 137 Å². The van der Waals surface area contributed by atoms with E-state index in [1.807, 2.05) is 10.6 Å². The Kier molecular flexibility index (Phi) is 2.94. The highest BCUT2D eigenvalue weighted by atomic mass is 35.5. The number of nitrogens with one attached hydrogen (secondary N) is 2. The summed E-state index contributed by atoms with van der Waals surface area (Å²) in [6.45, 7) is -7.43. The van der Waals surface area contributed by atoms with Crippen LogP contribution in [0.5, 0.6) is 0 Å². The molecule has 5 nitrogen and oxygen atoms in total. The molecule has 0 amide bonds. The van der Waals surface area contributed by atoms with Crippen molar-refractivity contribution in [3.63, 3.8) is 0 Å². The Labute approximate surface area is 197 Å². The summed E-state index contributed by atoms with van der Waals surface area (Å²) in [7, 11) is 0. The monoisotopic (exact) mass is 426 g/mol. The number of aliphatic hydroxyl groups is 1. The number of carboxylic acid groups (broad SMARTS) is 1. The first-order valence-electron chi connectivity index (χ1n) is 15.9. The highest BCUT2D eigenvalue weighted by Gasteiger charge is 2.07. The highest BCUT2D eigenvalue weighted by molar-refractivity contribution is 6.30. The van der Waals surface area contributed by atoms with Crippen molar-refractivity contribution in [2.45, 2.75) is 6.10 Å². The molecule has 0 fully saturated rings. The van der Waals surface area contributed by atoms with E-state index in [9.17, 15) is 15.0 Å². The maximum Gasteiger partial charge on any atom is 0.335 e. The molecule has 3 aromatic carbocycles. The van der Waals surface area contributed by atoms with Gasteiger partial charge in [0.15, 0.2) is 0 Å². The Morgan fingerprint density at radius 2 is 1.76 bits per heavy atom. The lowest BCUT2D eigenvalue weighted by atomic mass is 10.0. The lowest BCUT2D eigenvalue weighted by Gasteiger charge is -2.13. The predicted molar refractivity (Wildman–Crippen MR) is 117 cm³/mol. The Morgan fingerprint density at radius 3 is 2.55 bits per heavy atom. The van der Waals surface area contributed by atoms with Crippen molar-refractivity contribution in [1.82, 2.24) is 5.32 Å². The fourth-order valence-electron chi connectivity index (χ4n) is 2.00. The molecule has 0 aromatic heterocycles. The Balaban J connectivity index is 2.09. The number of carbonyl (C=O) groups is 1. The van der Waals surface area contributed by atoms with Crippen molar-refractivity contribution in [2.24, 2.45) is 0 Å². The van der Waals surface area contributed by atoms with Gasteiger partial charge in [0.1, 0.15) is 0 Å². The van der Waals surface area contributed by atoms with Gasteiger partial charge in [-0.25, -0.2) is 4.79 Å². The fourth-order valence-corrected chi connectivity index (χ4v) is 2.14. The van der Waals surface area contributed by atoms with Gasteiger partial charge in [-0.3, -0.25) is 0 Å². The third-order valence-electron chi connectivity index (χ3n) is 3.29. The van der Waals surface area contributed by atoms with Gasteiger partial charge in [-0.2, -0.15) is 0 Å². The molecule has 0 aliphatic rings. The lowest BCUT2D eigenvalue weighted by molar-refractivity contribution is 0.0697. The Morgan fingerprint density at radius 1 is 1.03 bits per heavy atom. The van der Waals surface area contributed by atoms with Crippen LogP contribution in [0.4, 0.5) is 5.69 Å². The van der Waals surface area contributed by atoms with Crippen molar-refractivity contribution in [3.05, 3.63) is 88.7 Å². The summed E-state index contributed by atoms with van der Waals surface area (Å²) in [5.74, 6) is -1.83. The zero-order valence-corrected chi connectivity index (χ0v) is 15.2. The summed E-state index contributed by atoms with van der Waals surface area (Å²) in [6, 6.07) is -10.7. The van der Waals surface area contributed by atoms with Gasteiger partial charge in [0.2, 0.25) is 0 Å². The van der Waals surface area contributed by atoms with Gasteiger partial charge in [-0.1, -0.05) is 47.9 Å². The standard InChI is InChI=1S/C23H23ClN2O3/c24-20-8-2-6-18(13-20)22(27)15-25-10-11-26-21-9-3-5-17(14-21)16-4-1-7-19(12-16)23(28)29/h1-9,12-14,22,25-27H,10-11,15H2,(H,28,29)/t22-/m0/s1/i1D,2D,3D,4D,5D,6D,7D,8D,9D,10D2,11D2,12D,13D,14D. The quantitative estimate of drug-likeness (QED) is 0.406. The number of carboxylic acids is 1. The second kappa shape index (κ2) is 10.1. The van der Waals surface area contributed by atoms with E-state index in [0.29, 0.717) is 0 Å². The predicted octanol–water partition coefficient (Wildman–Crippen LogP) is 4.44. The molecule has 0 bridgehead atoms. The molecular weight excluding hydrogens is 388 g/mol. The minimum Gasteiger partial charge on any atom is -0.478 e. The maximum absolute atomic E-state index is 11.7. The van der Waals surface area contributed by atoms with Gasteiger partial charge in [0.25, 0.3) is 0 Å². The molecule has 29 heavy (non-hydrogen) atoms. The molecule has 150 valence electrons. The minimum absolute atomic E-state index is 0.542. The number of anilines is 1. The average molecular weight is 427 g/mol. The molecular formula is C23H23ClN2O3. The second-order valence-corrected chi connectivity index (χ2v) is 5.68. The van der Waals surface area contributed by atoms with E-state index in [-0.39, 0.29) is 0 Å². The number of aromatic carboxylic acids is 1. The minimum atomic E-state index is -3.33. The van der Waals surface area contributed by atoms with Gasteiger partial charge in [0.05, 0.1) is 30.9 Å². The van der Waals surface area contributed by atoms with Gasteiger partial charge >= 0.3 is 5.97 Å². The van der Waals surface area contributed by atoms with Crippen LogP contribution in [-0.2, 0) is 0 Å². The molecule has 0 aliphatic carbocycles. The largest absolute Gasteiger partial charge is 0.478 e. The molecule has 1 atom stereocenters. The van der Waals surface area contributed by atoms with E-state index in [4.69, 9.17) is 33.5 Å².